The topological polar surface area (TPSA) is 80.4 Å². The molecule has 3 N–H and O–H groups in total. The fourth-order valence-electron chi connectivity index (χ4n) is 1.45. The normalized spacial score (nSPS) is 13.8. The zero-order valence-electron chi connectivity index (χ0n) is 9.07. The van der Waals surface area contributed by atoms with Crippen molar-refractivity contribution in [2.24, 2.45) is 5.73 Å². The predicted molar refractivity (Wildman–Crippen MR) is 58.3 cm³/mol. The third-order valence-electron chi connectivity index (χ3n) is 2.28. The van der Waals surface area contributed by atoms with Gasteiger partial charge < -0.3 is 10.8 Å². The molecule has 0 amide bonds. The Hall–Kier alpha value is -0.980. The molecule has 0 aliphatic heterocycles. The molecule has 1 aromatic rings. The van der Waals surface area contributed by atoms with Gasteiger partial charge in [0.05, 0.1) is 11.0 Å². The molecule has 90 valence electrons. The summed E-state index contributed by atoms with van der Waals surface area (Å²) in [7, 11) is -3.43. The summed E-state index contributed by atoms with van der Waals surface area (Å²) in [6.45, 7) is 1.33. The van der Waals surface area contributed by atoms with Gasteiger partial charge >= 0.3 is 0 Å². The van der Waals surface area contributed by atoms with Crippen LogP contribution in [0.15, 0.2) is 17.0 Å². The van der Waals surface area contributed by atoms with E-state index in [1.807, 2.05) is 0 Å². The van der Waals surface area contributed by atoms with E-state index in [0.29, 0.717) is 5.56 Å². The second kappa shape index (κ2) is 4.48. The lowest BCUT2D eigenvalue weighted by atomic mass is 10.1. The molecule has 0 spiro atoms. The molecule has 0 fully saturated rings. The molecule has 0 bridgehead atoms. The number of halogens is 1. The highest BCUT2D eigenvalue weighted by Gasteiger charge is 2.18. The fraction of sp³-hybridized carbons (Fsp3) is 0.400. The van der Waals surface area contributed by atoms with Crippen LogP contribution in [0.2, 0.25) is 0 Å². The lowest BCUT2D eigenvalue weighted by Gasteiger charge is -2.12. The molecular formula is C10H14FNO3S. The van der Waals surface area contributed by atoms with E-state index in [1.165, 1.54) is 6.92 Å². The van der Waals surface area contributed by atoms with Gasteiger partial charge in [0.15, 0.2) is 9.84 Å². The van der Waals surface area contributed by atoms with Crippen molar-refractivity contribution in [1.82, 2.24) is 0 Å². The number of hydrogen-bond donors (Lipinski definition) is 2. The highest BCUT2D eigenvalue weighted by atomic mass is 32.2. The summed E-state index contributed by atoms with van der Waals surface area (Å²) in [5.74, 6) is -0.650. The van der Waals surface area contributed by atoms with Crippen molar-refractivity contribution in [3.8, 4) is 0 Å². The van der Waals surface area contributed by atoms with Crippen molar-refractivity contribution >= 4 is 9.84 Å². The lowest BCUT2D eigenvalue weighted by Crippen LogP contribution is -2.14. The summed E-state index contributed by atoms with van der Waals surface area (Å²) >= 11 is 0. The first-order valence-electron chi connectivity index (χ1n) is 4.65. The van der Waals surface area contributed by atoms with Crippen LogP contribution in [0.1, 0.15) is 17.2 Å². The lowest BCUT2D eigenvalue weighted by molar-refractivity contribution is 0.181. The quantitative estimate of drug-likeness (QED) is 0.763. The van der Waals surface area contributed by atoms with E-state index < -0.39 is 21.8 Å². The summed E-state index contributed by atoms with van der Waals surface area (Å²) in [4.78, 5) is 0.0106. The van der Waals surface area contributed by atoms with Crippen molar-refractivity contribution in [2.75, 3.05) is 12.8 Å². The highest BCUT2D eigenvalue weighted by Crippen LogP contribution is 2.24. The minimum Gasteiger partial charge on any atom is -0.387 e. The van der Waals surface area contributed by atoms with Crippen molar-refractivity contribution < 1.29 is 17.9 Å². The van der Waals surface area contributed by atoms with Crippen LogP contribution in [0.5, 0.6) is 0 Å². The van der Waals surface area contributed by atoms with Gasteiger partial charge in [0, 0.05) is 18.4 Å². The summed E-state index contributed by atoms with van der Waals surface area (Å²) in [6, 6.07) is 2.22. The number of aliphatic hydroxyl groups excluding tert-OH is 1. The average Bonchev–Trinajstić information content (AvgIpc) is 2.14. The van der Waals surface area contributed by atoms with Gasteiger partial charge in [0.2, 0.25) is 0 Å². The van der Waals surface area contributed by atoms with Crippen molar-refractivity contribution in [1.29, 1.82) is 0 Å². The average molecular weight is 247 g/mol. The van der Waals surface area contributed by atoms with Crippen molar-refractivity contribution in [3.63, 3.8) is 0 Å². The minimum atomic E-state index is -3.43. The van der Waals surface area contributed by atoms with Crippen LogP contribution < -0.4 is 5.73 Å². The first-order chi connectivity index (χ1) is 7.27. The zero-order chi connectivity index (χ0) is 12.5. The second-order valence-electron chi connectivity index (χ2n) is 3.66. The van der Waals surface area contributed by atoms with E-state index >= 15 is 0 Å². The molecule has 0 heterocycles. The number of sulfone groups is 1. The SMILES string of the molecule is Cc1cc(F)c(C(O)CN)cc1S(C)(=O)=O. The predicted octanol–water partition coefficient (Wildman–Crippen LogP) is 0.530. The maximum Gasteiger partial charge on any atom is 0.175 e. The number of nitrogens with two attached hydrogens (primary N) is 1. The van der Waals surface area contributed by atoms with E-state index in [-0.39, 0.29) is 17.0 Å². The van der Waals surface area contributed by atoms with Gasteiger partial charge in [0.25, 0.3) is 0 Å². The zero-order valence-corrected chi connectivity index (χ0v) is 9.88. The molecule has 4 nitrogen and oxygen atoms in total. The van der Waals surface area contributed by atoms with Crippen molar-refractivity contribution in [3.05, 3.63) is 29.1 Å². The van der Waals surface area contributed by atoms with Crippen LogP contribution in [0, 0.1) is 12.7 Å². The van der Waals surface area contributed by atoms with Crippen LogP contribution in [-0.4, -0.2) is 26.3 Å². The van der Waals surface area contributed by atoms with E-state index in [2.05, 4.69) is 0 Å². The maximum atomic E-state index is 13.4. The molecule has 6 heteroatoms. The molecule has 16 heavy (non-hydrogen) atoms. The fourth-order valence-corrected chi connectivity index (χ4v) is 2.44. The van der Waals surface area contributed by atoms with Gasteiger partial charge in [-0.3, -0.25) is 0 Å². The van der Waals surface area contributed by atoms with Gasteiger partial charge in [-0.05, 0) is 24.6 Å². The molecule has 0 saturated heterocycles. The van der Waals surface area contributed by atoms with Crippen LogP contribution in [0.4, 0.5) is 4.39 Å². The molecule has 0 radical (unpaired) electrons. The molecular weight excluding hydrogens is 233 g/mol. The van der Waals surface area contributed by atoms with Gasteiger partial charge in [-0.15, -0.1) is 0 Å². The smallest absolute Gasteiger partial charge is 0.175 e. The van der Waals surface area contributed by atoms with Gasteiger partial charge in [-0.25, -0.2) is 12.8 Å². The van der Waals surface area contributed by atoms with Crippen molar-refractivity contribution in [2.45, 2.75) is 17.9 Å². The molecule has 0 saturated carbocycles. The first kappa shape index (κ1) is 13.1. The number of benzene rings is 1. The Morgan fingerprint density at radius 1 is 1.50 bits per heavy atom. The third kappa shape index (κ3) is 2.58. The minimum absolute atomic E-state index is 0.0106. The number of hydrogen-bond acceptors (Lipinski definition) is 4. The molecule has 1 atom stereocenters. The molecule has 1 rings (SSSR count). The highest BCUT2D eigenvalue weighted by molar-refractivity contribution is 7.90. The Balaban J connectivity index is 3.45. The summed E-state index contributed by atoms with van der Waals surface area (Å²) < 4.78 is 36.2. The molecule has 0 aliphatic carbocycles. The van der Waals surface area contributed by atoms with Crippen LogP contribution in [0.3, 0.4) is 0 Å². The van der Waals surface area contributed by atoms with Crippen LogP contribution in [0.25, 0.3) is 0 Å². The Morgan fingerprint density at radius 3 is 2.50 bits per heavy atom. The van der Waals surface area contributed by atoms with Crippen LogP contribution >= 0.6 is 0 Å². The van der Waals surface area contributed by atoms with Crippen LogP contribution in [-0.2, 0) is 9.84 Å². The van der Waals surface area contributed by atoms with E-state index in [1.54, 1.807) is 0 Å². The Bertz CT molecular complexity index is 499. The first-order valence-corrected chi connectivity index (χ1v) is 6.54. The van der Waals surface area contributed by atoms with E-state index in [4.69, 9.17) is 5.73 Å². The Morgan fingerprint density at radius 2 is 2.06 bits per heavy atom. The molecule has 0 aromatic heterocycles. The summed E-state index contributed by atoms with van der Waals surface area (Å²) in [5.41, 5.74) is 5.43. The third-order valence-corrected chi connectivity index (χ3v) is 3.51. The summed E-state index contributed by atoms with van der Waals surface area (Å²) in [5, 5.41) is 9.43. The summed E-state index contributed by atoms with van der Waals surface area (Å²) in [6.07, 6.45) is -0.160. The van der Waals surface area contributed by atoms with Gasteiger partial charge in [-0.1, -0.05) is 0 Å². The monoisotopic (exact) mass is 247 g/mol. The van der Waals surface area contributed by atoms with E-state index in [9.17, 15) is 17.9 Å². The second-order valence-corrected chi connectivity index (χ2v) is 5.65. The van der Waals surface area contributed by atoms with Gasteiger partial charge in [0.1, 0.15) is 5.82 Å². The number of rotatable bonds is 3. The Labute approximate surface area is 93.8 Å². The van der Waals surface area contributed by atoms with E-state index in [0.717, 1.165) is 18.4 Å². The van der Waals surface area contributed by atoms with Gasteiger partial charge in [-0.2, -0.15) is 0 Å². The largest absolute Gasteiger partial charge is 0.387 e. The number of aliphatic hydroxyl groups is 1. The number of aryl methyl sites for hydroxylation is 1. The standard InChI is InChI=1S/C10H14FNO3S/c1-6-3-8(11)7(9(13)5-12)4-10(6)16(2,14)15/h3-4,9,13H,5,12H2,1-2H3. The Kier molecular flexibility index (Phi) is 3.67. The molecule has 0 aliphatic rings. The maximum absolute atomic E-state index is 13.4. The molecule has 1 unspecified atom stereocenters. The molecule has 1 aromatic carbocycles.